The summed E-state index contributed by atoms with van der Waals surface area (Å²) in [5.41, 5.74) is -5.53. The van der Waals surface area contributed by atoms with Crippen LogP contribution in [0.1, 0.15) is 0 Å². The Kier molecular flexibility index (Phi) is 6.65. The van der Waals surface area contributed by atoms with Gasteiger partial charge in [-0.3, -0.25) is 0 Å². The smallest absolute Gasteiger partial charge is 0.395 e. The van der Waals surface area contributed by atoms with Gasteiger partial charge in [0, 0.05) is 17.3 Å². The van der Waals surface area contributed by atoms with Crippen molar-refractivity contribution < 1.29 is 35.4 Å². The van der Waals surface area contributed by atoms with Gasteiger partial charge in [-0.05, 0) is 0 Å². The molecular formula is C8H15F3O5S2. The molecule has 0 unspecified atom stereocenters. The van der Waals surface area contributed by atoms with Gasteiger partial charge in [-0.15, -0.1) is 16.9 Å². The third-order valence-electron chi connectivity index (χ3n) is 1.87. The minimum absolute atomic E-state index is 0.163. The second-order valence-electron chi connectivity index (χ2n) is 3.24. The summed E-state index contributed by atoms with van der Waals surface area (Å²) in [5, 5.41) is 17.6. The number of hydrogen-bond acceptors (Lipinski definition) is 5. The molecule has 0 saturated carbocycles. The van der Waals surface area contributed by atoms with E-state index >= 15 is 0 Å². The second kappa shape index (κ2) is 6.75. The molecule has 0 bridgehead atoms. The molecule has 0 atom stereocenters. The third-order valence-corrected chi connectivity index (χ3v) is 7.00. The molecule has 0 aromatic rings. The largest absolute Gasteiger partial charge is 0.523 e. The fourth-order valence-corrected chi connectivity index (χ4v) is 5.37. The quantitative estimate of drug-likeness (QED) is 0.510. The Bertz CT molecular complexity index is 359. The maximum atomic E-state index is 12.2. The molecule has 2 N–H and O–H groups in total. The number of hydrogen-bond donors (Lipinski definition) is 2. The molecule has 0 fully saturated rings. The summed E-state index contributed by atoms with van der Waals surface area (Å²) in [6, 6.07) is 0. The lowest BCUT2D eigenvalue weighted by Gasteiger charge is -2.36. The Morgan fingerprint density at radius 2 is 1.61 bits per heavy atom. The maximum Gasteiger partial charge on any atom is 0.523 e. The van der Waals surface area contributed by atoms with Crippen molar-refractivity contribution in [2.24, 2.45) is 0 Å². The fraction of sp³-hybridized carbons (Fsp3) is 0.750. The van der Waals surface area contributed by atoms with Crippen LogP contribution in [0.3, 0.4) is 0 Å². The van der Waals surface area contributed by atoms with Crippen molar-refractivity contribution in [1.82, 2.24) is 0 Å². The number of aliphatic hydroxyl groups is 2. The minimum Gasteiger partial charge on any atom is -0.395 e. The van der Waals surface area contributed by atoms with E-state index in [1.165, 1.54) is 6.08 Å². The van der Waals surface area contributed by atoms with E-state index in [-0.39, 0.29) is 17.3 Å². The summed E-state index contributed by atoms with van der Waals surface area (Å²) in [4.78, 5) is 0. The molecule has 0 aromatic carbocycles. The third kappa shape index (κ3) is 4.76. The van der Waals surface area contributed by atoms with E-state index in [0.29, 0.717) is 0 Å². The summed E-state index contributed by atoms with van der Waals surface area (Å²) in [6.45, 7) is 2.21. The summed E-state index contributed by atoms with van der Waals surface area (Å²) < 4.78 is 62.9. The first-order chi connectivity index (χ1) is 8.14. The number of rotatable bonds is 8. The van der Waals surface area contributed by atoms with E-state index in [2.05, 4.69) is 10.2 Å². The minimum atomic E-state index is -5.75. The Morgan fingerprint density at radius 1 is 1.17 bits per heavy atom. The van der Waals surface area contributed by atoms with Crippen LogP contribution in [-0.2, 0) is 13.7 Å². The van der Waals surface area contributed by atoms with Gasteiger partial charge in [-0.25, -0.2) is 3.63 Å². The van der Waals surface area contributed by atoms with Gasteiger partial charge < -0.3 is 10.2 Å². The molecule has 0 amide bonds. The Balaban J connectivity index is 5.27. The molecule has 0 aliphatic rings. The predicted octanol–water partition coefficient (Wildman–Crippen LogP) is 0.743. The van der Waals surface area contributed by atoms with Crippen molar-refractivity contribution in [2.75, 3.05) is 30.5 Å². The van der Waals surface area contributed by atoms with Crippen LogP contribution in [0.4, 0.5) is 13.2 Å². The molecule has 0 aliphatic heterocycles. The molecule has 0 radical (unpaired) electrons. The highest BCUT2D eigenvalue weighted by molar-refractivity contribution is 8.33. The number of alkyl halides is 3. The van der Waals surface area contributed by atoms with Gasteiger partial charge >= 0.3 is 15.6 Å². The monoisotopic (exact) mass is 312 g/mol. The van der Waals surface area contributed by atoms with Crippen molar-refractivity contribution in [3.05, 3.63) is 12.7 Å². The van der Waals surface area contributed by atoms with Crippen LogP contribution in [-0.4, -0.2) is 54.6 Å². The van der Waals surface area contributed by atoms with Gasteiger partial charge in [0.2, 0.25) is 0 Å². The second-order valence-corrected chi connectivity index (χ2v) is 8.24. The van der Waals surface area contributed by atoms with Crippen molar-refractivity contribution in [3.63, 3.8) is 0 Å². The van der Waals surface area contributed by atoms with Crippen molar-refractivity contribution >= 4 is 20.4 Å². The van der Waals surface area contributed by atoms with E-state index < -0.39 is 39.1 Å². The molecule has 0 spiro atoms. The first kappa shape index (κ1) is 17.7. The number of halogens is 3. The maximum absolute atomic E-state index is 12.2. The van der Waals surface area contributed by atoms with Crippen LogP contribution >= 0.6 is 10.3 Å². The van der Waals surface area contributed by atoms with E-state index in [9.17, 15) is 21.6 Å². The van der Waals surface area contributed by atoms with Crippen LogP contribution in [0.5, 0.6) is 0 Å². The molecule has 0 aliphatic carbocycles. The van der Waals surface area contributed by atoms with Crippen molar-refractivity contribution in [2.45, 2.75) is 5.51 Å². The summed E-state index contributed by atoms with van der Waals surface area (Å²) in [6.07, 6.45) is 1.20. The van der Waals surface area contributed by atoms with Crippen LogP contribution in [0.15, 0.2) is 12.7 Å². The van der Waals surface area contributed by atoms with Crippen molar-refractivity contribution in [3.8, 4) is 0 Å². The van der Waals surface area contributed by atoms with E-state index in [0.717, 1.165) is 0 Å². The Morgan fingerprint density at radius 3 is 1.89 bits per heavy atom. The summed E-state index contributed by atoms with van der Waals surface area (Å²) in [5.74, 6) is -0.729. The summed E-state index contributed by atoms with van der Waals surface area (Å²) in [7, 11) is -8.57. The zero-order valence-electron chi connectivity index (χ0n) is 9.39. The van der Waals surface area contributed by atoms with Crippen LogP contribution < -0.4 is 0 Å². The first-order valence-electron chi connectivity index (χ1n) is 4.75. The summed E-state index contributed by atoms with van der Waals surface area (Å²) >= 11 is 0. The lowest BCUT2D eigenvalue weighted by Crippen LogP contribution is -2.31. The first-order valence-corrected chi connectivity index (χ1v) is 8.23. The van der Waals surface area contributed by atoms with Gasteiger partial charge in [0.15, 0.2) is 0 Å². The highest BCUT2D eigenvalue weighted by Crippen LogP contribution is 2.52. The van der Waals surface area contributed by atoms with Crippen LogP contribution in [0.25, 0.3) is 0 Å². The van der Waals surface area contributed by atoms with E-state index in [1.54, 1.807) is 0 Å². The van der Waals surface area contributed by atoms with E-state index in [4.69, 9.17) is 10.2 Å². The van der Waals surface area contributed by atoms with Crippen LogP contribution in [0.2, 0.25) is 0 Å². The lowest BCUT2D eigenvalue weighted by atomic mass is 10.8. The van der Waals surface area contributed by atoms with E-state index in [1.807, 2.05) is 0 Å². The van der Waals surface area contributed by atoms with Gasteiger partial charge in [0.25, 0.3) is 0 Å². The highest BCUT2D eigenvalue weighted by Gasteiger charge is 2.50. The zero-order valence-corrected chi connectivity index (χ0v) is 11.0. The topological polar surface area (TPSA) is 83.8 Å². The molecule has 0 saturated heterocycles. The van der Waals surface area contributed by atoms with Gasteiger partial charge in [0.1, 0.15) is 0 Å². The Labute approximate surface area is 105 Å². The lowest BCUT2D eigenvalue weighted by molar-refractivity contribution is -0.0496. The molecule has 0 aromatic heterocycles. The average molecular weight is 312 g/mol. The SMILES string of the molecule is C=CCS(CCO)(CCO)OS(=O)(=O)C(F)(F)F. The standard InChI is InChI=1S/C8H15F3O5S2/c1-2-5-17(6-3-12,7-4-13)16-18(14,15)8(9,10)11/h2,12-13H,1,3-7H2. The predicted molar refractivity (Wildman–Crippen MR) is 62.6 cm³/mol. The van der Waals surface area contributed by atoms with Crippen molar-refractivity contribution in [1.29, 1.82) is 0 Å². The normalized spacial score (nSPS) is 14.5. The van der Waals surface area contributed by atoms with Crippen LogP contribution in [0, 0.1) is 0 Å². The van der Waals surface area contributed by atoms with Gasteiger partial charge in [-0.2, -0.15) is 21.6 Å². The molecular weight excluding hydrogens is 297 g/mol. The Hall–Kier alpha value is -0.290. The molecule has 5 nitrogen and oxygen atoms in total. The average Bonchev–Trinajstić information content (AvgIpc) is 2.15. The fourth-order valence-electron chi connectivity index (χ4n) is 1.14. The number of aliphatic hydroxyl groups excluding tert-OH is 2. The molecule has 18 heavy (non-hydrogen) atoms. The molecule has 0 heterocycles. The molecule has 10 heteroatoms. The molecule has 0 rings (SSSR count). The zero-order chi connectivity index (χ0) is 14.4. The highest BCUT2D eigenvalue weighted by atomic mass is 32.3. The van der Waals surface area contributed by atoms with Gasteiger partial charge in [0.05, 0.1) is 13.2 Å². The molecule has 110 valence electrons. The van der Waals surface area contributed by atoms with Gasteiger partial charge in [-0.1, -0.05) is 6.08 Å².